The van der Waals surface area contributed by atoms with E-state index in [1.807, 2.05) is 47.9 Å². The number of imidazole rings is 1. The Bertz CT molecular complexity index is 1050. The van der Waals surface area contributed by atoms with Crippen LogP contribution in [0.25, 0.3) is 11.0 Å². The van der Waals surface area contributed by atoms with Crippen LogP contribution >= 0.6 is 0 Å². The summed E-state index contributed by atoms with van der Waals surface area (Å²) < 4.78 is 7.45. The van der Waals surface area contributed by atoms with Crippen LogP contribution in [0.2, 0.25) is 0 Å². The fraction of sp³-hybridized carbons (Fsp3) is 0.273. The number of fused-ring (bicyclic) bond motifs is 3. The molecule has 3 aromatic rings. The van der Waals surface area contributed by atoms with Gasteiger partial charge in [0.2, 0.25) is 5.95 Å². The number of esters is 1. The molecule has 1 aliphatic heterocycles. The number of phenolic OH excluding ortho intramolecular Hbond substituents is 1. The molecule has 6 heteroatoms. The molecule has 1 atom stereocenters. The first-order chi connectivity index (χ1) is 13.6. The number of hydrogen-bond donors (Lipinski definition) is 2. The summed E-state index contributed by atoms with van der Waals surface area (Å²) in [5, 5.41) is 13.1. The Morgan fingerprint density at radius 2 is 1.93 bits per heavy atom. The fourth-order valence-electron chi connectivity index (χ4n) is 3.75. The summed E-state index contributed by atoms with van der Waals surface area (Å²) in [6, 6.07) is 14.4. The summed E-state index contributed by atoms with van der Waals surface area (Å²) in [7, 11) is 0. The normalized spacial score (nSPS) is 16.0. The lowest BCUT2D eigenvalue weighted by atomic mass is 9.93. The van der Waals surface area contributed by atoms with Gasteiger partial charge in [0.15, 0.2) is 0 Å². The third kappa shape index (κ3) is 3.01. The van der Waals surface area contributed by atoms with E-state index >= 15 is 0 Å². The molecule has 0 radical (unpaired) electrons. The number of anilines is 1. The number of nitrogens with one attached hydrogen (secondary N) is 1. The molecule has 0 bridgehead atoms. The Balaban J connectivity index is 1.98. The first-order valence-electron chi connectivity index (χ1n) is 9.57. The van der Waals surface area contributed by atoms with Gasteiger partial charge in [-0.2, -0.15) is 0 Å². The van der Waals surface area contributed by atoms with Gasteiger partial charge in [0, 0.05) is 5.70 Å². The van der Waals surface area contributed by atoms with E-state index in [0.29, 0.717) is 24.5 Å². The molecular weight excluding hydrogens is 354 g/mol. The summed E-state index contributed by atoms with van der Waals surface area (Å²) in [5.41, 5.74) is 4.10. The fourth-order valence-corrected chi connectivity index (χ4v) is 3.75. The maximum absolute atomic E-state index is 13.0. The Labute approximate surface area is 163 Å². The summed E-state index contributed by atoms with van der Waals surface area (Å²) in [6.07, 6.45) is 1.60. The van der Waals surface area contributed by atoms with E-state index in [4.69, 9.17) is 9.72 Å². The Morgan fingerprint density at radius 1 is 1.18 bits per heavy atom. The van der Waals surface area contributed by atoms with Crippen molar-refractivity contribution in [3.8, 4) is 5.75 Å². The highest BCUT2D eigenvalue weighted by atomic mass is 16.5. The van der Waals surface area contributed by atoms with Gasteiger partial charge in [0.05, 0.1) is 29.3 Å². The molecule has 6 nitrogen and oxygen atoms in total. The maximum atomic E-state index is 13.0. The number of benzene rings is 2. The highest BCUT2D eigenvalue weighted by Gasteiger charge is 2.35. The molecule has 1 aromatic heterocycles. The van der Waals surface area contributed by atoms with E-state index < -0.39 is 0 Å². The number of aromatic hydroxyl groups is 1. The number of para-hydroxylation sites is 2. The first-order valence-corrected chi connectivity index (χ1v) is 9.57. The van der Waals surface area contributed by atoms with Gasteiger partial charge in [0.1, 0.15) is 5.75 Å². The van der Waals surface area contributed by atoms with Crippen molar-refractivity contribution in [2.24, 2.45) is 0 Å². The molecule has 0 amide bonds. The van der Waals surface area contributed by atoms with Gasteiger partial charge in [-0.05, 0) is 43.2 Å². The van der Waals surface area contributed by atoms with Crippen LogP contribution in [0.15, 0.2) is 59.8 Å². The summed E-state index contributed by atoms with van der Waals surface area (Å²) in [6.45, 7) is 4.19. The van der Waals surface area contributed by atoms with Crippen LogP contribution in [0.3, 0.4) is 0 Å². The van der Waals surface area contributed by atoms with Gasteiger partial charge in [-0.25, -0.2) is 9.78 Å². The first kappa shape index (κ1) is 18.1. The molecule has 0 spiro atoms. The third-order valence-electron chi connectivity index (χ3n) is 4.92. The second-order valence-corrected chi connectivity index (χ2v) is 6.78. The summed E-state index contributed by atoms with van der Waals surface area (Å²) in [4.78, 5) is 17.7. The highest BCUT2D eigenvalue weighted by Crippen LogP contribution is 2.40. The monoisotopic (exact) mass is 377 g/mol. The Hall–Kier alpha value is -3.28. The smallest absolute Gasteiger partial charge is 0.338 e. The molecule has 0 saturated carbocycles. The number of aromatic nitrogens is 2. The van der Waals surface area contributed by atoms with Gasteiger partial charge in [0.25, 0.3) is 0 Å². The van der Waals surface area contributed by atoms with Crippen molar-refractivity contribution in [1.82, 2.24) is 9.55 Å². The molecule has 4 rings (SSSR count). The van der Waals surface area contributed by atoms with Crippen molar-refractivity contribution in [1.29, 1.82) is 0 Å². The molecule has 2 N–H and O–H groups in total. The molecule has 28 heavy (non-hydrogen) atoms. The summed E-state index contributed by atoms with van der Waals surface area (Å²) in [5.74, 6) is 0.555. The van der Waals surface area contributed by atoms with Crippen molar-refractivity contribution >= 4 is 23.0 Å². The van der Waals surface area contributed by atoms with Crippen LogP contribution in [0.1, 0.15) is 38.3 Å². The second kappa shape index (κ2) is 7.38. The number of hydrogen-bond acceptors (Lipinski definition) is 5. The second-order valence-electron chi connectivity index (χ2n) is 6.78. The molecular formula is C22H23N3O3. The molecule has 0 saturated heterocycles. The Morgan fingerprint density at radius 3 is 2.64 bits per heavy atom. The predicted octanol–water partition coefficient (Wildman–Crippen LogP) is 4.37. The number of rotatable bonds is 5. The average molecular weight is 377 g/mol. The number of nitrogens with zero attached hydrogens (tertiary/aromatic N) is 2. The van der Waals surface area contributed by atoms with E-state index in [0.717, 1.165) is 28.7 Å². The maximum Gasteiger partial charge on any atom is 0.338 e. The van der Waals surface area contributed by atoms with Crippen molar-refractivity contribution in [3.63, 3.8) is 0 Å². The predicted molar refractivity (Wildman–Crippen MR) is 108 cm³/mol. The standard InChI is InChI=1S/C22H23N3O3/c1-3-7-17-19(21(27)28-4-2)20(14-10-12-15(26)13-11-14)25-18-9-6-5-8-16(18)23-22(25)24-17/h5-6,8-13,20,26H,3-4,7H2,1-2H3,(H,23,24)/t20-/m1/s1. The minimum atomic E-state index is -0.384. The van der Waals surface area contributed by atoms with E-state index in [2.05, 4.69) is 12.2 Å². The third-order valence-corrected chi connectivity index (χ3v) is 4.92. The zero-order chi connectivity index (χ0) is 19.7. The van der Waals surface area contributed by atoms with Crippen LogP contribution < -0.4 is 5.32 Å². The van der Waals surface area contributed by atoms with Crippen LogP contribution in [-0.4, -0.2) is 27.2 Å². The lowest BCUT2D eigenvalue weighted by Gasteiger charge is -2.31. The lowest BCUT2D eigenvalue weighted by molar-refractivity contribution is -0.139. The molecule has 2 heterocycles. The van der Waals surface area contributed by atoms with Crippen LogP contribution in [-0.2, 0) is 9.53 Å². The zero-order valence-corrected chi connectivity index (χ0v) is 16.0. The molecule has 1 aliphatic rings. The van der Waals surface area contributed by atoms with E-state index in [1.165, 1.54) is 0 Å². The number of allylic oxidation sites excluding steroid dienone is 1. The molecule has 144 valence electrons. The van der Waals surface area contributed by atoms with Crippen LogP contribution in [0.5, 0.6) is 5.75 Å². The molecule has 0 unspecified atom stereocenters. The van der Waals surface area contributed by atoms with Gasteiger partial charge < -0.3 is 15.2 Å². The quantitative estimate of drug-likeness (QED) is 0.646. The van der Waals surface area contributed by atoms with E-state index in [-0.39, 0.29) is 17.8 Å². The molecule has 2 aromatic carbocycles. The van der Waals surface area contributed by atoms with Gasteiger partial charge in [-0.3, -0.25) is 4.57 Å². The van der Waals surface area contributed by atoms with E-state index in [9.17, 15) is 9.90 Å². The van der Waals surface area contributed by atoms with Crippen molar-refractivity contribution in [2.45, 2.75) is 32.7 Å². The number of phenols is 1. The molecule has 0 fully saturated rings. The van der Waals surface area contributed by atoms with Gasteiger partial charge in [-0.1, -0.05) is 37.6 Å². The van der Waals surface area contributed by atoms with Crippen molar-refractivity contribution < 1.29 is 14.6 Å². The lowest BCUT2D eigenvalue weighted by Crippen LogP contribution is -2.29. The number of carbonyl (C=O) groups is 1. The van der Waals surface area contributed by atoms with Gasteiger partial charge >= 0.3 is 5.97 Å². The van der Waals surface area contributed by atoms with Crippen molar-refractivity contribution in [2.75, 3.05) is 11.9 Å². The minimum absolute atomic E-state index is 0.184. The highest BCUT2D eigenvalue weighted by molar-refractivity contribution is 5.94. The largest absolute Gasteiger partial charge is 0.508 e. The SMILES string of the molecule is CCCC1=C(C(=O)OCC)[C@@H](c2ccc(O)cc2)n2c(nc3ccccc32)N1. The zero-order valence-electron chi connectivity index (χ0n) is 16.0. The Kier molecular flexibility index (Phi) is 4.77. The number of ether oxygens (including phenoxy) is 1. The van der Waals surface area contributed by atoms with Gasteiger partial charge in [-0.15, -0.1) is 0 Å². The molecule has 0 aliphatic carbocycles. The number of carbonyl (C=O) groups excluding carboxylic acids is 1. The van der Waals surface area contributed by atoms with Crippen molar-refractivity contribution in [3.05, 3.63) is 65.4 Å². The minimum Gasteiger partial charge on any atom is -0.508 e. The topological polar surface area (TPSA) is 76.4 Å². The van der Waals surface area contributed by atoms with Crippen LogP contribution in [0, 0.1) is 0 Å². The van der Waals surface area contributed by atoms with Crippen LogP contribution in [0.4, 0.5) is 5.95 Å². The van der Waals surface area contributed by atoms with E-state index in [1.54, 1.807) is 12.1 Å². The summed E-state index contributed by atoms with van der Waals surface area (Å²) >= 11 is 0. The average Bonchev–Trinajstić information content (AvgIpc) is 3.06.